The van der Waals surface area contributed by atoms with E-state index in [1.807, 2.05) is 0 Å². The minimum absolute atomic E-state index is 0.323. The number of fused-ring (bicyclic) bond motifs is 5. The number of nitrogens with one attached hydrogen (secondary N) is 1. The van der Waals surface area contributed by atoms with Gasteiger partial charge < -0.3 is 10.4 Å². The van der Waals surface area contributed by atoms with E-state index < -0.39 is 5.97 Å². The largest absolute Gasteiger partial charge is 0.478 e. The zero-order valence-corrected chi connectivity index (χ0v) is 11.0. The van der Waals surface area contributed by atoms with Crippen molar-refractivity contribution in [2.45, 2.75) is 31.8 Å². The van der Waals surface area contributed by atoms with E-state index in [-0.39, 0.29) is 0 Å². The lowest BCUT2D eigenvalue weighted by Gasteiger charge is -2.11. The van der Waals surface area contributed by atoms with Crippen LogP contribution < -0.4 is 5.32 Å². The molecule has 2 bridgehead atoms. The number of aromatic nitrogens is 2. The summed E-state index contributed by atoms with van der Waals surface area (Å²) in [6, 6.07) is 0.628. The summed E-state index contributed by atoms with van der Waals surface area (Å²) in [7, 11) is 1.81. The summed E-state index contributed by atoms with van der Waals surface area (Å²) in [5.41, 5.74) is 1.11. The quantitative estimate of drug-likeness (QED) is 0.856. The predicted molar refractivity (Wildman–Crippen MR) is 68.6 cm³/mol. The summed E-state index contributed by atoms with van der Waals surface area (Å²) < 4.78 is 1.67. The number of rotatable bonds is 4. The van der Waals surface area contributed by atoms with Crippen LogP contribution in [0.2, 0.25) is 0 Å². The lowest BCUT2D eigenvalue weighted by Crippen LogP contribution is -2.24. The average molecular weight is 261 g/mol. The first-order valence-electron chi connectivity index (χ1n) is 7.14. The van der Waals surface area contributed by atoms with E-state index in [2.05, 4.69) is 10.4 Å². The number of aryl methyl sites for hydroxylation is 1. The highest BCUT2D eigenvalue weighted by atomic mass is 16.4. The molecule has 0 aromatic carbocycles. The molecule has 0 spiro atoms. The number of nitrogens with zero attached hydrogens (tertiary/aromatic N) is 2. The molecule has 4 atom stereocenters. The second-order valence-corrected chi connectivity index (χ2v) is 6.33. The lowest BCUT2D eigenvalue weighted by molar-refractivity contribution is 0.0695. The van der Waals surface area contributed by atoms with Crippen molar-refractivity contribution in [1.29, 1.82) is 0 Å². The zero-order chi connectivity index (χ0) is 13.1. The summed E-state index contributed by atoms with van der Waals surface area (Å²) in [5.74, 6) is 2.75. The molecule has 0 saturated heterocycles. The number of carboxylic acids is 1. The maximum Gasteiger partial charge on any atom is 0.339 e. The maximum absolute atomic E-state index is 11.1. The van der Waals surface area contributed by atoms with Crippen molar-refractivity contribution in [3.63, 3.8) is 0 Å². The van der Waals surface area contributed by atoms with Crippen molar-refractivity contribution in [3.8, 4) is 0 Å². The molecule has 0 radical (unpaired) electrons. The molecule has 4 rings (SSSR count). The van der Waals surface area contributed by atoms with Gasteiger partial charge in [-0.3, -0.25) is 4.68 Å². The van der Waals surface area contributed by atoms with Crippen LogP contribution in [0.25, 0.3) is 0 Å². The summed E-state index contributed by atoms with van der Waals surface area (Å²) in [6.45, 7) is 0.620. The van der Waals surface area contributed by atoms with E-state index in [0.717, 1.165) is 29.4 Å². The molecule has 5 heteroatoms. The topological polar surface area (TPSA) is 67.2 Å². The van der Waals surface area contributed by atoms with Crippen LogP contribution >= 0.6 is 0 Å². The monoisotopic (exact) mass is 261 g/mol. The Bertz CT molecular complexity index is 523. The Balaban J connectivity index is 1.44. The Labute approximate surface area is 112 Å². The fourth-order valence-electron chi connectivity index (χ4n) is 4.66. The summed E-state index contributed by atoms with van der Waals surface area (Å²) in [5, 5.41) is 16.8. The van der Waals surface area contributed by atoms with Crippen LogP contribution in [0, 0.1) is 23.7 Å². The molecule has 0 amide bonds. The molecule has 3 fully saturated rings. The third-order valence-electron chi connectivity index (χ3n) is 5.53. The Hall–Kier alpha value is -1.36. The highest BCUT2D eigenvalue weighted by Gasteiger charge is 2.64. The highest BCUT2D eigenvalue weighted by Crippen LogP contribution is 2.65. The predicted octanol–water partition coefficient (Wildman–Crippen LogP) is 1.25. The minimum atomic E-state index is -0.888. The number of hydrogen-bond acceptors (Lipinski definition) is 3. The van der Waals surface area contributed by atoms with Gasteiger partial charge in [-0.25, -0.2) is 4.79 Å². The number of aromatic carboxylic acids is 1. The molecule has 3 saturated carbocycles. The maximum atomic E-state index is 11.1. The highest BCUT2D eigenvalue weighted by molar-refractivity contribution is 5.88. The van der Waals surface area contributed by atoms with Gasteiger partial charge in [0.05, 0.1) is 11.9 Å². The SMILES string of the molecule is Cn1ncc(C(=O)O)c1CNC1C2C3CCC(C3)C12. The van der Waals surface area contributed by atoms with Gasteiger partial charge in [0.2, 0.25) is 0 Å². The van der Waals surface area contributed by atoms with Crippen LogP contribution in [0.1, 0.15) is 35.3 Å². The number of hydrogen-bond donors (Lipinski definition) is 2. The van der Waals surface area contributed by atoms with Crippen LogP contribution in [-0.2, 0) is 13.6 Å². The van der Waals surface area contributed by atoms with Gasteiger partial charge in [-0.1, -0.05) is 0 Å². The minimum Gasteiger partial charge on any atom is -0.478 e. The van der Waals surface area contributed by atoms with Gasteiger partial charge in [0.15, 0.2) is 0 Å². The first kappa shape index (κ1) is 11.5. The third kappa shape index (κ3) is 1.57. The molecule has 3 aliphatic rings. The van der Waals surface area contributed by atoms with Gasteiger partial charge in [-0.2, -0.15) is 5.10 Å². The van der Waals surface area contributed by atoms with Crippen molar-refractivity contribution < 1.29 is 9.90 Å². The van der Waals surface area contributed by atoms with E-state index >= 15 is 0 Å². The molecule has 1 aromatic heterocycles. The molecule has 2 N–H and O–H groups in total. The van der Waals surface area contributed by atoms with Crippen LogP contribution in [-0.4, -0.2) is 26.9 Å². The Morgan fingerprint density at radius 3 is 2.79 bits per heavy atom. The second-order valence-electron chi connectivity index (χ2n) is 6.33. The van der Waals surface area contributed by atoms with Crippen molar-refractivity contribution >= 4 is 5.97 Å². The van der Waals surface area contributed by atoms with Crippen LogP contribution in [0.15, 0.2) is 6.20 Å². The van der Waals surface area contributed by atoms with Crippen LogP contribution in [0.4, 0.5) is 0 Å². The molecule has 1 aromatic rings. The second kappa shape index (κ2) is 3.82. The molecule has 0 aliphatic heterocycles. The molecular weight excluding hydrogens is 242 g/mol. The number of carboxylic acid groups (broad SMARTS) is 1. The van der Waals surface area contributed by atoms with Crippen molar-refractivity contribution in [3.05, 3.63) is 17.5 Å². The van der Waals surface area contributed by atoms with Crippen molar-refractivity contribution in [1.82, 2.24) is 15.1 Å². The van der Waals surface area contributed by atoms with Gasteiger partial charge in [0, 0.05) is 19.6 Å². The fourth-order valence-corrected chi connectivity index (χ4v) is 4.66. The van der Waals surface area contributed by atoms with E-state index in [0.29, 0.717) is 18.2 Å². The molecule has 102 valence electrons. The van der Waals surface area contributed by atoms with Crippen LogP contribution in [0.3, 0.4) is 0 Å². The molecule has 5 nitrogen and oxygen atoms in total. The summed E-state index contributed by atoms with van der Waals surface area (Å²) in [6.07, 6.45) is 5.71. The Kier molecular flexibility index (Phi) is 2.31. The lowest BCUT2D eigenvalue weighted by atomic mass is 10.0. The van der Waals surface area contributed by atoms with E-state index in [4.69, 9.17) is 5.11 Å². The first-order valence-corrected chi connectivity index (χ1v) is 7.14. The molecule has 1 heterocycles. The van der Waals surface area contributed by atoms with Gasteiger partial charge >= 0.3 is 5.97 Å². The van der Waals surface area contributed by atoms with Gasteiger partial charge in [0.25, 0.3) is 0 Å². The van der Waals surface area contributed by atoms with E-state index in [1.165, 1.54) is 25.5 Å². The van der Waals surface area contributed by atoms with Gasteiger partial charge in [-0.15, -0.1) is 0 Å². The Morgan fingerprint density at radius 2 is 2.16 bits per heavy atom. The normalized spacial score (nSPS) is 38.5. The Morgan fingerprint density at radius 1 is 1.47 bits per heavy atom. The first-order chi connectivity index (χ1) is 9.16. The smallest absolute Gasteiger partial charge is 0.339 e. The molecule has 4 unspecified atom stereocenters. The number of carbonyl (C=O) groups is 1. The van der Waals surface area contributed by atoms with E-state index in [9.17, 15) is 4.79 Å². The standard InChI is InChI=1S/C14H19N3O2/c1-17-10(9(5-16-17)14(18)19)6-15-13-11-7-2-3-8(4-7)12(11)13/h5,7-8,11-13,15H,2-4,6H2,1H3,(H,18,19). The van der Waals surface area contributed by atoms with Crippen LogP contribution in [0.5, 0.6) is 0 Å². The van der Waals surface area contributed by atoms with Gasteiger partial charge in [0.1, 0.15) is 5.56 Å². The third-order valence-corrected chi connectivity index (χ3v) is 5.53. The fraction of sp³-hybridized carbons (Fsp3) is 0.714. The summed E-state index contributed by atoms with van der Waals surface area (Å²) >= 11 is 0. The molecule has 3 aliphatic carbocycles. The zero-order valence-electron chi connectivity index (χ0n) is 11.0. The molecule has 19 heavy (non-hydrogen) atoms. The van der Waals surface area contributed by atoms with E-state index in [1.54, 1.807) is 11.7 Å². The van der Waals surface area contributed by atoms with Crippen molar-refractivity contribution in [2.75, 3.05) is 0 Å². The van der Waals surface area contributed by atoms with Crippen molar-refractivity contribution in [2.24, 2.45) is 30.7 Å². The molecular formula is C14H19N3O2. The summed E-state index contributed by atoms with van der Waals surface area (Å²) in [4.78, 5) is 11.1. The average Bonchev–Trinajstić information content (AvgIpc) is 2.75. The van der Waals surface area contributed by atoms with Gasteiger partial charge in [-0.05, 0) is 42.9 Å².